The summed E-state index contributed by atoms with van der Waals surface area (Å²) in [5.41, 5.74) is 1.83. The summed E-state index contributed by atoms with van der Waals surface area (Å²) in [5, 5.41) is 14.6. The molecule has 24 heavy (non-hydrogen) atoms. The van der Waals surface area contributed by atoms with Crippen molar-refractivity contribution in [1.82, 2.24) is 5.32 Å². The van der Waals surface area contributed by atoms with Gasteiger partial charge < -0.3 is 10.4 Å². The van der Waals surface area contributed by atoms with E-state index < -0.39 is 0 Å². The molecular formula is C22H31NO. The molecule has 0 spiro atoms. The SMILES string of the molecule is OC1CC(NC23CC4CC(CC(C4)C2)C3)CC(c2ccccc2)C1. The van der Waals surface area contributed by atoms with Crippen LogP contribution in [-0.4, -0.2) is 22.8 Å². The third kappa shape index (κ3) is 2.82. The summed E-state index contributed by atoms with van der Waals surface area (Å²) < 4.78 is 0. The molecule has 6 rings (SSSR count). The van der Waals surface area contributed by atoms with Gasteiger partial charge >= 0.3 is 0 Å². The Labute approximate surface area is 146 Å². The normalized spacial score (nSPS) is 47.0. The summed E-state index contributed by atoms with van der Waals surface area (Å²) in [7, 11) is 0. The molecule has 0 saturated heterocycles. The molecule has 5 fully saturated rings. The number of benzene rings is 1. The van der Waals surface area contributed by atoms with Crippen LogP contribution in [0.2, 0.25) is 0 Å². The number of hydrogen-bond donors (Lipinski definition) is 2. The predicted octanol–water partition coefficient (Wildman–Crippen LogP) is 4.24. The lowest BCUT2D eigenvalue weighted by Crippen LogP contribution is -2.61. The molecule has 5 aliphatic carbocycles. The van der Waals surface area contributed by atoms with Crippen LogP contribution < -0.4 is 5.32 Å². The summed E-state index contributed by atoms with van der Waals surface area (Å²) in [6.07, 6.45) is 11.7. The van der Waals surface area contributed by atoms with Crippen molar-refractivity contribution in [3.63, 3.8) is 0 Å². The van der Waals surface area contributed by atoms with Gasteiger partial charge in [-0.2, -0.15) is 0 Å². The van der Waals surface area contributed by atoms with Gasteiger partial charge in [0.15, 0.2) is 0 Å². The van der Waals surface area contributed by atoms with Crippen molar-refractivity contribution in [2.45, 2.75) is 81.4 Å². The second-order valence-electron chi connectivity index (χ2n) is 9.51. The van der Waals surface area contributed by atoms with E-state index >= 15 is 0 Å². The highest BCUT2D eigenvalue weighted by atomic mass is 16.3. The highest BCUT2D eigenvalue weighted by molar-refractivity contribution is 5.21. The maximum absolute atomic E-state index is 10.5. The van der Waals surface area contributed by atoms with Crippen LogP contribution in [0.25, 0.3) is 0 Å². The Morgan fingerprint density at radius 2 is 1.42 bits per heavy atom. The van der Waals surface area contributed by atoms with Crippen LogP contribution in [0.15, 0.2) is 30.3 Å². The predicted molar refractivity (Wildman–Crippen MR) is 96.9 cm³/mol. The van der Waals surface area contributed by atoms with E-state index in [4.69, 9.17) is 0 Å². The van der Waals surface area contributed by atoms with Crippen molar-refractivity contribution in [3.8, 4) is 0 Å². The van der Waals surface area contributed by atoms with Gasteiger partial charge in [0.1, 0.15) is 0 Å². The van der Waals surface area contributed by atoms with Gasteiger partial charge in [-0.1, -0.05) is 30.3 Å². The van der Waals surface area contributed by atoms with E-state index in [2.05, 4.69) is 35.6 Å². The van der Waals surface area contributed by atoms with Gasteiger partial charge in [-0.3, -0.25) is 0 Å². The van der Waals surface area contributed by atoms with Gasteiger partial charge in [-0.25, -0.2) is 0 Å². The first-order chi connectivity index (χ1) is 11.7. The minimum Gasteiger partial charge on any atom is -0.393 e. The maximum Gasteiger partial charge on any atom is 0.0561 e. The Kier molecular flexibility index (Phi) is 3.75. The summed E-state index contributed by atoms with van der Waals surface area (Å²) in [5.74, 6) is 3.48. The second kappa shape index (κ2) is 5.85. The van der Waals surface area contributed by atoms with Crippen LogP contribution in [-0.2, 0) is 0 Å². The first-order valence-electron chi connectivity index (χ1n) is 10.2. The van der Waals surface area contributed by atoms with Gasteiger partial charge in [0, 0.05) is 11.6 Å². The number of nitrogens with one attached hydrogen (secondary N) is 1. The number of rotatable bonds is 3. The fourth-order valence-electron chi connectivity index (χ4n) is 7.12. The highest BCUT2D eigenvalue weighted by Crippen LogP contribution is 2.56. The first-order valence-corrected chi connectivity index (χ1v) is 10.2. The summed E-state index contributed by atoms with van der Waals surface area (Å²) in [4.78, 5) is 0. The molecule has 0 aromatic heterocycles. The van der Waals surface area contributed by atoms with Gasteiger partial charge in [0.25, 0.3) is 0 Å². The third-order valence-corrected chi connectivity index (χ3v) is 7.50. The molecule has 1 aromatic carbocycles. The standard InChI is InChI=1S/C22H31NO/c24-21-10-19(18-4-2-1-3-5-18)9-20(11-21)23-22-12-15-6-16(13-22)8-17(7-15)14-22/h1-5,15-17,19-21,23-24H,6-14H2. The molecule has 2 heteroatoms. The van der Waals surface area contributed by atoms with Crippen molar-refractivity contribution in [2.24, 2.45) is 17.8 Å². The summed E-state index contributed by atoms with van der Waals surface area (Å²) in [6, 6.07) is 11.3. The molecule has 1 aromatic rings. The zero-order valence-corrected chi connectivity index (χ0v) is 14.7. The minimum absolute atomic E-state index is 0.143. The molecule has 5 aliphatic rings. The molecule has 0 amide bonds. The molecule has 3 unspecified atom stereocenters. The molecule has 0 aliphatic heterocycles. The van der Waals surface area contributed by atoms with Gasteiger partial charge in [0.05, 0.1) is 6.10 Å². The zero-order valence-electron chi connectivity index (χ0n) is 14.7. The first kappa shape index (κ1) is 15.4. The maximum atomic E-state index is 10.5. The van der Waals surface area contributed by atoms with E-state index in [9.17, 15) is 5.11 Å². The van der Waals surface area contributed by atoms with E-state index in [0.717, 1.165) is 30.6 Å². The lowest BCUT2D eigenvalue weighted by molar-refractivity contribution is -0.0324. The van der Waals surface area contributed by atoms with Crippen molar-refractivity contribution in [1.29, 1.82) is 0 Å². The lowest BCUT2D eigenvalue weighted by Gasteiger charge is -2.58. The smallest absolute Gasteiger partial charge is 0.0561 e. The molecule has 130 valence electrons. The Bertz CT molecular complexity index is 548. The van der Waals surface area contributed by atoms with Crippen LogP contribution in [0, 0.1) is 17.8 Å². The van der Waals surface area contributed by atoms with Crippen LogP contribution in [0.1, 0.15) is 69.3 Å². The zero-order chi connectivity index (χ0) is 16.1. The van der Waals surface area contributed by atoms with Crippen LogP contribution >= 0.6 is 0 Å². The minimum atomic E-state index is -0.143. The quantitative estimate of drug-likeness (QED) is 0.871. The highest BCUT2D eigenvalue weighted by Gasteiger charge is 2.51. The molecular weight excluding hydrogens is 294 g/mol. The fraction of sp³-hybridized carbons (Fsp3) is 0.727. The third-order valence-electron chi connectivity index (χ3n) is 7.50. The number of aliphatic hydroxyl groups excluding tert-OH is 1. The average Bonchev–Trinajstić information content (AvgIpc) is 2.53. The molecule has 0 radical (unpaired) electrons. The number of hydrogen-bond acceptors (Lipinski definition) is 2. The van der Waals surface area contributed by atoms with Crippen LogP contribution in [0.5, 0.6) is 0 Å². The Balaban J connectivity index is 1.32. The average molecular weight is 325 g/mol. The van der Waals surface area contributed by atoms with E-state index in [0.29, 0.717) is 17.5 Å². The lowest BCUT2D eigenvalue weighted by atomic mass is 9.52. The summed E-state index contributed by atoms with van der Waals surface area (Å²) >= 11 is 0. The van der Waals surface area contributed by atoms with E-state index in [1.807, 2.05) is 0 Å². The van der Waals surface area contributed by atoms with Crippen LogP contribution in [0.4, 0.5) is 0 Å². The monoisotopic (exact) mass is 325 g/mol. The Morgan fingerprint density at radius 3 is 2.04 bits per heavy atom. The topological polar surface area (TPSA) is 32.3 Å². The molecule has 5 saturated carbocycles. The van der Waals surface area contributed by atoms with Crippen LogP contribution in [0.3, 0.4) is 0 Å². The van der Waals surface area contributed by atoms with Gasteiger partial charge in [-0.05, 0) is 87.0 Å². The second-order valence-corrected chi connectivity index (χ2v) is 9.51. The molecule has 0 heterocycles. The van der Waals surface area contributed by atoms with Crippen molar-refractivity contribution < 1.29 is 5.11 Å². The van der Waals surface area contributed by atoms with Gasteiger partial charge in [-0.15, -0.1) is 0 Å². The Hall–Kier alpha value is -0.860. The van der Waals surface area contributed by atoms with Crippen molar-refractivity contribution in [2.75, 3.05) is 0 Å². The Morgan fingerprint density at radius 1 is 0.792 bits per heavy atom. The molecule has 3 atom stereocenters. The van der Waals surface area contributed by atoms with E-state index in [-0.39, 0.29) is 6.10 Å². The number of aliphatic hydroxyl groups is 1. The van der Waals surface area contributed by atoms with Gasteiger partial charge in [0.2, 0.25) is 0 Å². The largest absolute Gasteiger partial charge is 0.393 e. The molecule has 2 nitrogen and oxygen atoms in total. The fourth-order valence-corrected chi connectivity index (χ4v) is 7.12. The molecule has 2 N–H and O–H groups in total. The summed E-state index contributed by atoms with van der Waals surface area (Å²) in [6.45, 7) is 0. The van der Waals surface area contributed by atoms with Crippen molar-refractivity contribution in [3.05, 3.63) is 35.9 Å². The van der Waals surface area contributed by atoms with E-state index in [1.165, 1.54) is 50.5 Å². The van der Waals surface area contributed by atoms with Crippen molar-refractivity contribution >= 4 is 0 Å². The van der Waals surface area contributed by atoms with E-state index in [1.54, 1.807) is 0 Å². The molecule has 4 bridgehead atoms.